The fourth-order valence-electron chi connectivity index (χ4n) is 4.20. The number of nitrogens with two attached hydrogens (primary N) is 1. The molecule has 0 spiro atoms. The molecule has 1 unspecified atom stereocenters. The number of benzene rings is 1. The highest BCUT2D eigenvalue weighted by Crippen LogP contribution is 2.33. The number of hydrogen-bond donors (Lipinski definition) is 1. The van der Waals surface area contributed by atoms with E-state index in [-0.39, 0.29) is 0 Å². The van der Waals surface area contributed by atoms with E-state index in [1.165, 1.54) is 32.1 Å². The van der Waals surface area contributed by atoms with E-state index in [4.69, 9.17) is 28.9 Å². The molecule has 5 heteroatoms. The first kappa shape index (κ1) is 18.3. The Kier molecular flexibility index (Phi) is 6.31. The first-order valence-electron chi connectivity index (χ1n) is 9.23. The molecule has 2 aliphatic rings. The molecule has 2 N–H and O–H groups in total. The van der Waals surface area contributed by atoms with Crippen LogP contribution in [0.5, 0.6) is 0 Å². The van der Waals surface area contributed by atoms with E-state index in [2.05, 4.69) is 22.8 Å². The first-order valence-corrected chi connectivity index (χ1v) is 9.98. The first-order chi connectivity index (χ1) is 11.5. The maximum absolute atomic E-state index is 6.37. The second-order valence-corrected chi connectivity index (χ2v) is 8.25. The number of nitrogens with zero attached hydrogens (tertiary/aromatic N) is 2. The summed E-state index contributed by atoms with van der Waals surface area (Å²) in [5.74, 6) is 0.861. The predicted molar refractivity (Wildman–Crippen MR) is 104 cm³/mol. The maximum atomic E-state index is 6.37. The third-order valence-corrected chi connectivity index (χ3v) is 6.58. The lowest BCUT2D eigenvalue weighted by Gasteiger charge is -2.41. The van der Waals surface area contributed by atoms with Crippen LogP contribution in [0.1, 0.15) is 39.0 Å². The van der Waals surface area contributed by atoms with Crippen LogP contribution in [0.3, 0.4) is 0 Å². The number of rotatable bonds is 4. The molecular weight excluding hydrogens is 341 g/mol. The quantitative estimate of drug-likeness (QED) is 0.852. The molecule has 1 aliphatic carbocycles. The SMILES string of the molecule is CC(CC1CCC(N)CC1)N1CCN(c2cccc(Cl)c2Cl)CC1. The van der Waals surface area contributed by atoms with Crippen molar-refractivity contribution in [3.63, 3.8) is 0 Å². The minimum Gasteiger partial charge on any atom is -0.368 e. The number of anilines is 1. The highest BCUT2D eigenvalue weighted by molar-refractivity contribution is 6.43. The Morgan fingerprint density at radius 2 is 1.75 bits per heavy atom. The molecule has 1 aromatic carbocycles. The van der Waals surface area contributed by atoms with Crippen molar-refractivity contribution < 1.29 is 0 Å². The van der Waals surface area contributed by atoms with Crippen molar-refractivity contribution in [1.29, 1.82) is 0 Å². The van der Waals surface area contributed by atoms with Gasteiger partial charge in [0.05, 0.1) is 15.7 Å². The Bertz CT molecular complexity index is 535. The van der Waals surface area contributed by atoms with E-state index in [1.54, 1.807) is 0 Å². The fraction of sp³-hybridized carbons (Fsp3) is 0.684. The van der Waals surface area contributed by atoms with Gasteiger partial charge in [0.1, 0.15) is 0 Å². The molecule has 1 aliphatic heterocycles. The molecule has 1 heterocycles. The Labute approximate surface area is 156 Å². The van der Waals surface area contributed by atoms with Crippen molar-refractivity contribution >= 4 is 28.9 Å². The lowest BCUT2D eigenvalue weighted by Crippen LogP contribution is -2.50. The van der Waals surface area contributed by atoms with E-state index < -0.39 is 0 Å². The van der Waals surface area contributed by atoms with Crippen LogP contribution in [-0.2, 0) is 0 Å². The Hall–Kier alpha value is -0.480. The summed E-state index contributed by atoms with van der Waals surface area (Å²) in [5.41, 5.74) is 7.10. The van der Waals surface area contributed by atoms with Crippen LogP contribution < -0.4 is 10.6 Å². The van der Waals surface area contributed by atoms with Crippen LogP contribution in [-0.4, -0.2) is 43.2 Å². The zero-order chi connectivity index (χ0) is 17.1. The van der Waals surface area contributed by atoms with E-state index in [9.17, 15) is 0 Å². The van der Waals surface area contributed by atoms with Crippen molar-refractivity contribution in [1.82, 2.24) is 4.90 Å². The van der Waals surface area contributed by atoms with Gasteiger partial charge in [-0.15, -0.1) is 0 Å². The van der Waals surface area contributed by atoms with E-state index in [1.807, 2.05) is 12.1 Å². The van der Waals surface area contributed by atoms with Gasteiger partial charge in [0, 0.05) is 38.3 Å². The molecule has 0 radical (unpaired) electrons. The number of hydrogen-bond acceptors (Lipinski definition) is 3. The van der Waals surface area contributed by atoms with Crippen molar-refractivity contribution in [2.24, 2.45) is 11.7 Å². The molecule has 24 heavy (non-hydrogen) atoms. The normalized spacial score (nSPS) is 27.2. The Balaban J connectivity index is 1.50. The van der Waals surface area contributed by atoms with Gasteiger partial charge in [0.2, 0.25) is 0 Å². The van der Waals surface area contributed by atoms with Crippen LogP contribution in [0.25, 0.3) is 0 Å². The average Bonchev–Trinajstić information content (AvgIpc) is 2.59. The summed E-state index contributed by atoms with van der Waals surface area (Å²) < 4.78 is 0. The summed E-state index contributed by atoms with van der Waals surface area (Å²) in [5, 5.41) is 1.32. The molecule has 1 atom stereocenters. The summed E-state index contributed by atoms with van der Waals surface area (Å²) in [7, 11) is 0. The minimum absolute atomic E-state index is 0.447. The fourth-order valence-corrected chi connectivity index (χ4v) is 4.61. The number of halogens is 2. The average molecular weight is 370 g/mol. The van der Waals surface area contributed by atoms with Gasteiger partial charge in [-0.1, -0.05) is 29.3 Å². The summed E-state index contributed by atoms with van der Waals surface area (Å²) in [6, 6.07) is 7.00. The van der Waals surface area contributed by atoms with Crippen molar-refractivity contribution in [3.8, 4) is 0 Å². The van der Waals surface area contributed by atoms with E-state index in [0.717, 1.165) is 37.8 Å². The smallest absolute Gasteiger partial charge is 0.0825 e. The van der Waals surface area contributed by atoms with Gasteiger partial charge in [-0.2, -0.15) is 0 Å². The van der Waals surface area contributed by atoms with Gasteiger partial charge >= 0.3 is 0 Å². The Morgan fingerprint density at radius 3 is 2.42 bits per heavy atom. The molecule has 0 aromatic heterocycles. The van der Waals surface area contributed by atoms with Gasteiger partial charge in [0.25, 0.3) is 0 Å². The van der Waals surface area contributed by atoms with Crippen LogP contribution in [0, 0.1) is 5.92 Å². The molecule has 1 saturated heterocycles. The second kappa shape index (κ2) is 8.27. The van der Waals surface area contributed by atoms with Crippen LogP contribution in [0.4, 0.5) is 5.69 Å². The molecule has 134 valence electrons. The molecular formula is C19H29Cl2N3. The summed E-state index contributed by atoms with van der Waals surface area (Å²) in [4.78, 5) is 4.99. The lowest BCUT2D eigenvalue weighted by atomic mass is 9.82. The zero-order valence-corrected chi connectivity index (χ0v) is 16.1. The predicted octanol–water partition coefficient (Wildman–Crippen LogP) is 4.41. The lowest BCUT2D eigenvalue weighted by molar-refractivity contribution is 0.157. The highest BCUT2D eigenvalue weighted by Gasteiger charge is 2.26. The highest BCUT2D eigenvalue weighted by atomic mass is 35.5. The van der Waals surface area contributed by atoms with Crippen molar-refractivity contribution in [2.45, 2.75) is 51.1 Å². The van der Waals surface area contributed by atoms with Crippen LogP contribution >= 0.6 is 23.2 Å². The van der Waals surface area contributed by atoms with Gasteiger partial charge in [0.15, 0.2) is 0 Å². The summed E-state index contributed by atoms with van der Waals surface area (Å²) in [6.45, 7) is 6.60. The van der Waals surface area contributed by atoms with Crippen LogP contribution in [0.15, 0.2) is 18.2 Å². The van der Waals surface area contributed by atoms with E-state index in [0.29, 0.717) is 22.1 Å². The number of piperazine rings is 1. The van der Waals surface area contributed by atoms with Crippen molar-refractivity contribution in [3.05, 3.63) is 28.2 Å². The van der Waals surface area contributed by atoms with Gasteiger partial charge < -0.3 is 10.6 Å². The molecule has 2 fully saturated rings. The second-order valence-electron chi connectivity index (χ2n) is 7.46. The van der Waals surface area contributed by atoms with Gasteiger partial charge in [-0.05, 0) is 57.1 Å². The van der Waals surface area contributed by atoms with Crippen molar-refractivity contribution in [2.75, 3.05) is 31.1 Å². The molecule has 0 amide bonds. The van der Waals surface area contributed by atoms with Gasteiger partial charge in [-0.3, -0.25) is 4.90 Å². The minimum atomic E-state index is 0.447. The monoisotopic (exact) mass is 369 g/mol. The molecule has 1 aromatic rings. The zero-order valence-electron chi connectivity index (χ0n) is 14.6. The summed E-state index contributed by atoms with van der Waals surface area (Å²) >= 11 is 12.5. The van der Waals surface area contributed by atoms with Crippen LogP contribution in [0.2, 0.25) is 10.0 Å². The molecule has 0 bridgehead atoms. The summed E-state index contributed by atoms with van der Waals surface area (Å²) in [6.07, 6.45) is 6.34. The largest absolute Gasteiger partial charge is 0.368 e. The van der Waals surface area contributed by atoms with Gasteiger partial charge in [-0.25, -0.2) is 0 Å². The van der Waals surface area contributed by atoms with E-state index >= 15 is 0 Å². The molecule has 3 rings (SSSR count). The topological polar surface area (TPSA) is 32.5 Å². The molecule has 1 saturated carbocycles. The third-order valence-electron chi connectivity index (χ3n) is 5.78. The Morgan fingerprint density at radius 1 is 1.08 bits per heavy atom. The molecule has 3 nitrogen and oxygen atoms in total. The standard InChI is InChI=1S/C19H29Cl2N3/c1-14(13-15-5-7-16(22)8-6-15)23-9-11-24(12-10-23)18-4-2-3-17(20)19(18)21/h2-4,14-16H,5-13,22H2,1H3. The maximum Gasteiger partial charge on any atom is 0.0825 e. The third kappa shape index (κ3) is 4.37.